The van der Waals surface area contributed by atoms with E-state index in [9.17, 15) is 9.18 Å². The molecule has 0 aliphatic heterocycles. The van der Waals surface area contributed by atoms with Crippen molar-refractivity contribution in [2.45, 2.75) is 19.9 Å². The van der Waals surface area contributed by atoms with Gasteiger partial charge in [0.15, 0.2) is 0 Å². The molecule has 2 aromatic heterocycles. The zero-order valence-electron chi connectivity index (χ0n) is 13.0. The molecule has 1 atom stereocenters. The molecule has 5 heteroatoms. The minimum atomic E-state index is -0.417. The highest BCUT2D eigenvalue weighted by atomic mass is 19.1. The number of carbonyl (C=O) groups is 1. The van der Waals surface area contributed by atoms with Crippen LogP contribution in [0.5, 0.6) is 0 Å². The molecule has 3 aromatic rings. The second-order valence-electron chi connectivity index (χ2n) is 5.29. The smallest absolute Gasteiger partial charge is 0.354 e. The summed E-state index contributed by atoms with van der Waals surface area (Å²) in [5.74, 6) is -0.751. The molecule has 0 bridgehead atoms. The van der Waals surface area contributed by atoms with Crippen molar-refractivity contribution >= 4 is 16.9 Å². The van der Waals surface area contributed by atoms with E-state index in [1.54, 1.807) is 31.5 Å². The summed E-state index contributed by atoms with van der Waals surface area (Å²) in [6.45, 7) is 4.02. The Labute approximate surface area is 133 Å². The van der Waals surface area contributed by atoms with E-state index < -0.39 is 5.97 Å². The Morgan fingerprint density at radius 2 is 2.17 bits per heavy atom. The van der Waals surface area contributed by atoms with E-state index in [-0.39, 0.29) is 18.5 Å². The topological polar surface area (TPSA) is 44.1 Å². The van der Waals surface area contributed by atoms with Crippen molar-refractivity contribution in [1.82, 2.24) is 9.55 Å². The van der Waals surface area contributed by atoms with E-state index in [1.807, 2.05) is 23.6 Å². The van der Waals surface area contributed by atoms with Crippen LogP contribution in [0.4, 0.5) is 4.39 Å². The molecule has 4 nitrogen and oxygen atoms in total. The molecule has 0 fully saturated rings. The quantitative estimate of drug-likeness (QED) is 0.685. The molecule has 0 aliphatic carbocycles. The standard InChI is InChI=1S/C18H17FN2O2/c1-3-23-18(22)17-10-14-9-15(19)6-7-16(14)21(17)12(2)13-5-4-8-20-11-13/h4-12H,3H2,1-2H3. The molecule has 118 valence electrons. The molecule has 1 unspecified atom stereocenters. The van der Waals surface area contributed by atoms with Gasteiger partial charge in [-0.05, 0) is 49.7 Å². The molecule has 0 spiro atoms. The molecule has 23 heavy (non-hydrogen) atoms. The van der Waals surface area contributed by atoms with E-state index in [1.165, 1.54) is 12.1 Å². The fraction of sp³-hybridized carbons (Fsp3) is 0.222. The number of esters is 1. The lowest BCUT2D eigenvalue weighted by atomic mass is 10.1. The fourth-order valence-electron chi connectivity index (χ4n) is 2.76. The summed E-state index contributed by atoms with van der Waals surface area (Å²) in [5.41, 5.74) is 2.15. The molecule has 1 aromatic carbocycles. The summed E-state index contributed by atoms with van der Waals surface area (Å²) in [6, 6.07) is 9.83. The van der Waals surface area contributed by atoms with E-state index in [0.717, 1.165) is 11.1 Å². The van der Waals surface area contributed by atoms with Crippen molar-refractivity contribution in [3.8, 4) is 0 Å². The van der Waals surface area contributed by atoms with Crippen molar-refractivity contribution < 1.29 is 13.9 Å². The maximum Gasteiger partial charge on any atom is 0.354 e. The summed E-state index contributed by atoms with van der Waals surface area (Å²) in [5, 5.41) is 0.670. The molecular weight excluding hydrogens is 295 g/mol. The third kappa shape index (κ3) is 2.82. The minimum Gasteiger partial charge on any atom is -0.461 e. The van der Waals surface area contributed by atoms with Crippen molar-refractivity contribution in [3.05, 3.63) is 65.9 Å². The first-order valence-electron chi connectivity index (χ1n) is 7.49. The van der Waals surface area contributed by atoms with Crippen LogP contribution in [-0.4, -0.2) is 22.1 Å². The number of halogens is 1. The molecular formula is C18H17FN2O2. The number of ether oxygens (including phenoxy) is 1. The van der Waals surface area contributed by atoms with Gasteiger partial charge >= 0.3 is 5.97 Å². The molecule has 0 saturated heterocycles. The number of hydrogen-bond donors (Lipinski definition) is 0. The summed E-state index contributed by atoms with van der Waals surface area (Å²) >= 11 is 0. The van der Waals surface area contributed by atoms with Gasteiger partial charge in [-0.2, -0.15) is 0 Å². The van der Waals surface area contributed by atoms with Crippen molar-refractivity contribution in [3.63, 3.8) is 0 Å². The van der Waals surface area contributed by atoms with Crippen LogP contribution in [0.3, 0.4) is 0 Å². The number of benzene rings is 1. The van der Waals surface area contributed by atoms with Crippen LogP contribution in [0.15, 0.2) is 48.8 Å². The van der Waals surface area contributed by atoms with Crippen LogP contribution >= 0.6 is 0 Å². The van der Waals surface area contributed by atoms with Gasteiger partial charge < -0.3 is 9.30 Å². The highest BCUT2D eigenvalue weighted by Gasteiger charge is 2.21. The molecule has 0 saturated carbocycles. The Morgan fingerprint density at radius 1 is 1.35 bits per heavy atom. The predicted molar refractivity (Wildman–Crippen MR) is 85.9 cm³/mol. The zero-order valence-corrected chi connectivity index (χ0v) is 13.0. The second kappa shape index (κ2) is 6.20. The minimum absolute atomic E-state index is 0.133. The molecule has 0 aliphatic rings. The maximum atomic E-state index is 13.5. The number of rotatable bonds is 4. The van der Waals surface area contributed by atoms with Crippen LogP contribution in [0.1, 0.15) is 35.9 Å². The third-order valence-corrected chi connectivity index (χ3v) is 3.84. The highest BCUT2D eigenvalue weighted by molar-refractivity contribution is 5.96. The molecule has 0 N–H and O–H groups in total. The Hall–Kier alpha value is -2.69. The van der Waals surface area contributed by atoms with Crippen LogP contribution in [-0.2, 0) is 4.74 Å². The van der Waals surface area contributed by atoms with Gasteiger partial charge in [0.25, 0.3) is 0 Å². The van der Waals surface area contributed by atoms with Crippen molar-refractivity contribution in [2.24, 2.45) is 0 Å². The Morgan fingerprint density at radius 3 is 2.87 bits per heavy atom. The fourth-order valence-corrected chi connectivity index (χ4v) is 2.76. The third-order valence-electron chi connectivity index (χ3n) is 3.84. The lowest BCUT2D eigenvalue weighted by molar-refractivity contribution is 0.0513. The average Bonchev–Trinajstić information content (AvgIpc) is 2.93. The van der Waals surface area contributed by atoms with E-state index in [2.05, 4.69) is 4.98 Å². The number of nitrogens with zero attached hydrogens (tertiary/aromatic N) is 2. The van der Waals surface area contributed by atoms with E-state index in [4.69, 9.17) is 4.74 Å². The SMILES string of the molecule is CCOC(=O)c1cc2cc(F)ccc2n1C(C)c1cccnc1. The zero-order chi connectivity index (χ0) is 16.4. The van der Waals surface area contributed by atoms with Crippen molar-refractivity contribution in [2.75, 3.05) is 6.61 Å². The lowest BCUT2D eigenvalue weighted by Crippen LogP contribution is -2.16. The first-order valence-corrected chi connectivity index (χ1v) is 7.49. The van der Waals surface area contributed by atoms with Gasteiger partial charge in [0.2, 0.25) is 0 Å². The maximum absolute atomic E-state index is 13.5. The van der Waals surface area contributed by atoms with Crippen molar-refractivity contribution in [1.29, 1.82) is 0 Å². The van der Waals surface area contributed by atoms with E-state index >= 15 is 0 Å². The number of carbonyl (C=O) groups excluding carboxylic acids is 1. The van der Waals surface area contributed by atoms with Crippen LogP contribution < -0.4 is 0 Å². The summed E-state index contributed by atoms with van der Waals surface area (Å²) in [4.78, 5) is 16.4. The number of fused-ring (bicyclic) bond motifs is 1. The van der Waals surface area contributed by atoms with Gasteiger partial charge in [0.05, 0.1) is 12.6 Å². The monoisotopic (exact) mass is 312 g/mol. The average molecular weight is 312 g/mol. The summed E-state index contributed by atoms with van der Waals surface area (Å²) in [7, 11) is 0. The van der Waals surface area contributed by atoms with Gasteiger partial charge in [-0.3, -0.25) is 4.98 Å². The Balaban J connectivity index is 2.20. The first kappa shape index (κ1) is 15.2. The summed E-state index contributed by atoms with van der Waals surface area (Å²) in [6.07, 6.45) is 3.46. The van der Waals surface area contributed by atoms with Crippen LogP contribution in [0.25, 0.3) is 10.9 Å². The summed E-state index contributed by atoms with van der Waals surface area (Å²) < 4.78 is 20.5. The molecule has 0 radical (unpaired) electrons. The molecule has 2 heterocycles. The normalized spacial score (nSPS) is 12.3. The Kier molecular flexibility index (Phi) is 4.10. The Bertz CT molecular complexity index is 843. The largest absolute Gasteiger partial charge is 0.461 e. The predicted octanol–water partition coefficient (Wildman–Crippen LogP) is 3.96. The van der Waals surface area contributed by atoms with Gasteiger partial charge in [0.1, 0.15) is 11.5 Å². The molecule has 0 amide bonds. The van der Waals surface area contributed by atoms with Gasteiger partial charge in [0, 0.05) is 23.3 Å². The number of hydrogen-bond acceptors (Lipinski definition) is 3. The van der Waals surface area contributed by atoms with Gasteiger partial charge in [-0.15, -0.1) is 0 Å². The van der Waals surface area contributed by atoms with E-state index in [0.29, 0.717) is 11.1 Å². The number of pyridine rings is 1. The van der Waals surface area contributed by atoms with Gasteiger partial charge in [-0.25, -0.2) is 9.18 Å². The second-order valence-corrected chi connectivity index (χ2v) is 5.29. The first-order chi connectivity index (χ1) is 11.1. The molecule has 3 rings (SSSR count). The number of aromatic nitrogens is 2. The lowest BCUT2D eigenvalue weighted by Gasteiger charge is -2.18. The van der Waals surface area contributed by atoms with Gasteiger partial charge in [-0.1, -0.05) is 6.07 Å². The van der Waals surface area contributed by atoms with Crippen LogP contribution in [0.2, 0.25) is 0 Å². The van der Waals surface area contributed by atoms with Crippen LogP contribution in [0, 0.1) is 5.82 Å². The highest BCUT2D eigenvalue weighted by Crippen LogP contribution is 2.29.